The van der Waals surface area contributed by atoms with Crippen molar-refractivity contribution in [1.82, 2.24) is 0 Å². The van der Waals surface area contributed by atoms with Crippen LogP contribution in [0.1, 0.15) is 30.1 Å². The van der Waals surface area contributed by atoms with Crippen LogP contribution in [0.5, 0.6) is 0 Å². The van der Waals surface area contributed by atoms with E-state index in [4.69, 9.17) is 20.4 Å². The van der Waals surface area contributed by atoms with Gasteiger partial charge in [-0.1, -0.05) is 60.7 Å². The number of aliphatic carboxylic acids is 3. The molecule has 28 heavy (non-hydrogen) atoms. The van der Waals surface area contributed by atoms with Crippen LogP contribution in [0.4, 0.5) is 0 Å². The molecular weight excluding hydrogens is 368 g/mol. The molecule has 0 fully saturated rings. The van der Waals surface area contributed by atoms with Gasteiger partial charge < -0.3 is 25.5 Å². The van der Waals surface area contributed by atoms with Gasteiger partial charge in [0.15, 0.2) is 5.60 Å². The fraction of sp³-hybridized carbons (Fsp3) is 0.250. The lowest BCUT2D eigenvalue weighted by Gasteiger charge is -2.18. The third-order valence-corrected chi connectivity index (χ3v) is 3.74. The van der Waals surface area contributed by atoms with E-state index in [0.29, 0.717) is 6.42 Å². The second kappa shape index (κ2) is 10.8. The number of carbonyl (C=O) groups is 3. The van der Waals surface area contributed by atoms with Gasteiger partial charge in [-0.15, -0.1) is 0 Å². The third-order valence-electron chi connectivity index (χ3n) is 3.74. The largest absolute Gasteiger partial charge is 0.481 e. The second-order valence-corrected chi connectivity index (χ2v) is 6.09. The van der Waals surface area contributed by atoms with E-state index in [-0.39, 0.29) is 0 Å². The van der Waals surface area contributed by atoms with Crippen LogP contribution in [-0.2, 0) is 20.8 Å². The first-order valence-electron chi connectivity index (χ1n) is 8.30. The lowest BCUT2D eigenvalue weighted by Crippen LogP contribution is -2.42. The van der Waals surface area contributed by atoms with Crippen molar-refractivity contribution in [3.63, 3.8) is 0 Å². The minimum Gasteiger partial charge on any atom is -0.481 e. The van der Waals surface area contributed by atoms with Crippen molar-refractivity contribution in [2.45, 2.75) is 31.0 Å². The van der Waals surface area contributed by atoms with E-state index >= 15 is 0 Å². The monoisotopic (exact) mass is 390 g/mol. The summed E-state index contributed by atoms with van der Waals surface area (Å²) in [5, 5.41) is 43.8. The minimum absolute atomic E-state index is 0.409. The van der Waals surface area contributed by atoms with E-state index in [1.54, 1.807) is 0 Å². The Morgan fingerprint density at radius 3 is 1.61 bits per heavy atom. The third kappa shape index (κ3) is 7.98. The van der Waals surface area contributed by atoms with Gasteiger partial charge in [0.2, 0.25) is 0 Å². The molecule has 1 atom stereocenters. The lowest BCUT2D eigenvalue weighted by molar-refractivity contribution is -0.170. The van der Waals surface area contributed by atoms with Gasteiger partial charge in [0.1, 0.15) is 0 Å². The summed E-state index contributed by atoms with van der Waals surface area (Å²) in [5.41, 5.74) is -0.604. The molecule has 0 aromatic heterocycles. The molecule has 0 aliphatic carbocycles. The van der Waals surface area contributed by atoms with Crippen LogP contribution in [0.15, 0.2) is 60.7 Å². The first-order valence-corrected chi connectivity index (χ1v) is 8.30. The van der Waals surface area contributed by atoms with Crippen molar-refractivity contribution in [3.05, 3.63) is 71.8 Å². The summed E-state index contributed by atoms with van der Waals surface area (Å²) in [4.78, 5) is 30.5. The van der Waals surface area contributed by atoms with Gasteiger partial charge in [-0.25, -0.2) is 4.79 Å². The summed E-state index contributed by atoms with van der Waals surface area (Å²) < 4.78 is 0. The van der Waals surface area contributed by atoms with Crippen molar-refractivity contribution in [2.24, 2.45) is 0 Å². The fourth-order valence-corrected chi connectivity index (χ4v) is 2.34. The number of aliphatic hydroxyl groups is 2. The molecule has 2 rings (SSSR count). The lowest BCUT2D eigenvalue weighted by atomic mass is 9.96. The van der Waals surface area contributed by atoms with Crippen molar-refractivity contribution in [3.8, 4) is 0 Å². The highest BCUT2D eigenvalue weighted by atomic mass is 16.4. The molecule has 0 radical (unpaired) electrons. The Bertz CT molecular complexity index is 757. The molecule has 8 nitrogen and oxygen atoms in total. The molecule has 0 aliphatic rings. The molecule has 0 bridgehead atoms. The first-order chi connectivity index (χ1) is 13.1. The SMILES string of the molecule is O=C(O)CC(O)(CC(=O)O)C(=O)O.OC(Cc1ccccc1)c1ccccc1. The summed E-state index contributed by atoms with van der Waals surface area (Å²) in [5.74, 6) is -5.02. The highest BCUT2D eigenvalue weighted by Gasteiger charge is 2.40. The molecule has 2 aromatic rings. The van der Waals surface area contributed by atoms with Gasteiger partial charge in [-0.05, 0) is 11.1 Å². The second-order valence-electron chi connectivity index (χ2n) is 6.09. The van der Waals surface area contributed by atoms with Crippen molar-refractivity contribution < 1.29 is 39.9 Å². The van der Waals surface area contributed by atoms with Crippen LogP contribution in [0, 0.1) is 0 Å². The Morgan fingerprint density at radius 1 is 0.786 bits per heavy atom. The van der Waals surface area contributed by atoms with E-state index in [9.17, 15) is 19.5 Å². The van der Waals surface area contributed by atoms with Gasteiger partial charge >= 0.3 is 17.9 Å². The zero-order valence-corrected chi connectivity index (χ0v) is 14.9. The average molecular weight is 390 g/mol. The van der Waals surface area contributed by atoms with E-state index in [0.717, 1.165) is 11.1 Å². The molecule has 150 valence electrons. The average Bonchev–Trinajstić information content (AvgIpc) is 2.62. The molecular formula is C20H22O8. The molecule has 0 aliphatic heterocycles. The quantitative estimate of drug-likeness (QED) is 0.457. The minimum atomic E-state index is -2.74. The highest BCUT2D eigenvalue weighted by Crippen LogP contribution is 2.17. The number of benzene rings is 2. The Labute approximate surface area is 161 Å². The number of rotatable bonds is 8. The predicted molar refractivity (Wildman–Crippen MR) is 98.6 cm³/mol. The van der Waals surface area contributed by atoms with Gasteiger partial charge in [0.25, 0.3) is 0 Å². The van der Waals surface area contributed by atoms with Crippen LogP contribution in [0.3, 0.4) is 0 Å². The highest BCUT2D eigenvalue weighted by molar-refractivity contribution is 5.88. The van der Waals surface area contributed by atoms with E-state index in [1.807, 2.05) is 60.7 Å². The molecule has 0 spiro atoms. The molecule has 2 aromatic carbocycles. The summed E-state index contributed by atoms with van der Waals surface area (Å²) in [6, 6.07) is 19.8. The maximum Gasteiger partial charge on any atom is 0.336 e. The smallest absolute Gasteiger partial charge is 0.336 e. The molecule has 0 amide bonds. The Hall–Kier alpha value is -3.23. The summed E-state index contributed by atoms with van der Waals surface area (Å²) in [7, 11) is 0. The topological polar surface area (TPSA) is 152 Å². The van der Waals surface area contributed by atoms with Gasteiger partial charge in [0, 0.05) is 6.42 Å². The van der Waals surface area contributed by atoms with Crippen LogP contribution in [-0.4, -0.2) is 49.0 Å². The van der Waals surface area contributed by atoms with Crippen LogP contribution >= 0.6 is 0 Å². The Kier molecular flexibility index (Phi) is 8.80. The number of hydrogen-bond donors (Lipinski definition) is 5. The number of carboxylic acid groups (broad SMARTS) is 3. The summed E-state index contributed by atoms with van der Waals surface area (Å²) >= 11 is 0. The maximum atomic E-state index is 10.3. The normalized spacial score (nSPS) is 11.6. The molecule has 0 saturated heterocycles. The van der Waals surface area contributed by atoms with Crippen molar-refractivity contribution >= 4 is 17.9 Å². The maximum absolute atomic E-state index is 10.3. The number of carboxylic acids is 3. The van der Waals surface area contributed by atoms with Crippen molar-refractivity contribution in [2.75, 3.05) is 0 Å². The Balaban J connectivity index is 0.000000284. The standard InChI is InChI=1S/C14H14O.C6H8O7/c15-14(13-9-5-2-6-10-13)11-12-7-3-1-4-8-12;7-3(8)1-6(13,5(11)12)2-4(9)10/h1-10,14-15H,11H2;13H,1-2H2,(H,7,8)(H,9,10)(H,11,12). The molecule has 5 N–H and O–H groups in total. The van der Waals surface area contributed by atoms with E-state index in [2.05, 4.69) is 0 Å². The Morgan fingerprint density at radius 2 is 1.21 bits per heavy atom. The van der Waals surface area contributed by atoms with Crippen LogP contribution < -0.4 is 0 Å². The zero-order valence-electron chi connectivity index (χ0n) is 14.9. The van der Waals surface area contributed by atoms with E-state index in [1.165, 1.54) is 0 Å². The van der Waals surface area contributed by atoms with Crippen LogP contribution in [0.25, 0.3) is 0 Å². The summed E-state index contributed by atoms with van der Waals surface area (Å²) in [6.07, 6.45) is -2.03. The summed E-state index contributed by atoms with van der Waals surface area (Å²) in [6.45, 7) is 0. The van der Waals surface area contributed by atoms with Crippen molar-refractivity contribution in [1.29, 1.82) is 0 Å². The molecule has 8 heteroatoms. The number of hydrogen-bond acceptors (Lipinski definition) is 5. The molecule has 1 unspecified atom stereocenters. The first kappa shape index (κ1) is 22.8. The van der Waals surface area contributed by atoms with Gasteiger partial charge in [-0.3, -0.25) is 9.59 Å². The van der Waals surface area contributed by atoms with Crippen LogP contribution in [0.2, 0.25) is 0 Å². The van der Waals surface area contributed by atoms with Gasteiger partial charge in [0.05, 0.1) is 18.9 Å². The number of aliphatic hydroxyl groups excluding tert-OH is 1. The zero-order chi connectivity index (χ0) is 21.2. The molecule has 0 heterocycles. The molecule has 0 saturated carbocycles. The van der Waals surface area contributed by atoms with E-state index < -0.39 is 42.5 Å². The van der Waals surface area contributed by atoms with Gasteiger partial charge in [-0.2, -0.15) is 0 Å². The fourth-order valence-electron chi connectivity index (χ4n) is 2.34. The predicted octanol–water partition coefficient (Wildman–Crippen LogP) is 1.71.